The lowest BCUT2D eigenvalue weighted by atomic mass is 9.96. The Hall–Kier alpha value is -2.51. The second kappa shape index (κ2) is 8.32. The number of rotatable bonds is 5. The zero-order valence-corrected chi connectivity index (χ0v) is 17.9. The average Bonchev–Trinajstić information content (AvgIpc) is 3.21. The van der Waals surface area contributed by atoms with Crippen LogP contribution in [0.25, 0.3) is 32.1 Å². The highest BCUT2D eigenvalue weighted by Gasteiger charge is 2.18. The van der Waals surface area contributed by atoms with Crippen molar-refractivity contribution >= 4 is 32.3 Å². The fourth-order valence-electron chi connectivity index (χ4n) is 4.15. The SMILES string of the molecule is COc1ccc2ncc3sc(CN4CCOCC4)cc3c2c1-c1ccc(CN)cc1. The first kappa shape index (κ1) is 19.5. The normalized spacial score (nSPS) is 15.1. The van der Waals surface area contributed by atoms with Crippen LogP contribution in [0, 0.1) is 0 Å². The topological polar surface area (TPSA) is 60.6 Å². The monoisotopic (exact) mass is 419 g/mol. The van der Waals surface area contributed by atoms with E-state index in [4.69, 9.17) is 20.2 Å². The van der Waals surface area contributed by atoms with Gasteiger partial charge in [-0.25, -0.2) is 0 Å². The molecule has 5 nitrogen and oxygen atoms in total. The summed E-state index contributed by atoms with van der Waals surface area (Å²) in [7, 11) is 1.73. The van der Waals surface area contributed by atoms with E-state index in [-0.39, 0.29) is 0 Å². The molecule has 0 bridgehead atoms. The van der Waals surface area contributed by atoms with Crippen LogP contribution in [0.15, 0.2) is 48.7 Å². The van der Waals surface area contributed by atoms with Crippen molar-refractivity contribution in [3.05, 3.63) is 59.1 Å². The predicted molar refractivity (Wildman–Crippen MR) is 123 cm³/mol. The van der Waals surface area contributed by atoms with Crippen LogP contribution in [-0.4, -0.2) is 43.3 Å². The Morgan fingerprint density at radius 2 is 1.93 bits per heavy atom. The number of hydrogen-bond donors (Lipinski definition) is 1. The van der Waals surface area contributed by atoms with Crippen LogP contribution in [0.3, 0.4) is 0 Å². The molecule has 2 N–H and O–H groups in total. The first-order valence-electron chi connectivity index (χ1n) is 10.2. The van der Waals surface area contributed by atoms with Crippen LogP contribution in [0.2, 0.25) is 0 Å². The van der Waals surface area contributed by atoms with Crippen molar-refractivity contribution < 1.29 is 9.47 Å². The van der Waals surface area contributed by atoms with E-state index in [0.717, 1.165) is 66.2 Å². The van der Waals surface area contributed by atoms with E-state index >= 15 is 0 Å². The van der Waals surface area contributed by atoms with Gasteiger partial charge < -0.3 is 15.2 Å². The number of methoxy groups -OCH3 is 1. The number of nitrogens with two attached hydrogens (primary N) is 1. The van der Waals surface area contributed by atoms with Crippen LogP contribution in [0.1, 0.15) is 10.4 Å². The van der Waals surface area contributed by atoms with Gasteiger partial charge in [0.2, 0.25) is 0 Å². The Kier molecular flexibility index (Phi) is 5.39. The number of morpholine rings is 1. The summed E-state index contributed by atoms with van der Waals surface area (Å²) in [6.07, 6.45) is 2.00. The van der Waals surface area contributed by atoms with E-state index in [0.29, 0.717) is 6.54 Å². The molecule has 1 saturated heterocycles. The Balaban J connectivity index is 1.67. The molecule has 0 amide bonds. The molecule has 1 aliphatic rings. The summed E-state index contributed by atoms with van der Waals surface area (Å²) in [5.74, 6) is 0.859. The second-order valence-corrected chi connectivity index (χ2v) is 8.74. The smallest absolute Gasteiger partial charge is 0.127 e. The molecule has 0 spiro atoms. The van der Waals surface area contributed by atoms with Gasteiger partial charge in [0, 0.05) is 53.6 Å². The molecule has 0 radical (unpaired) electrons. The van der Waals surface area contributed by atoms with Crippen molar-refractivity contribution in [1.82, 2.24) is 9.88 Å². The number of ether oxygens (including phenoxy) is 2. The third-order valence-corrected chi connectivity index (χ3v) is 6.78. The zero-order valence-electron chi connectivity index (χ0n) is 17.1. The van der Waals surface area contributed by atoms with Crippen LogP contribution in [0.5, 0.6) is 5.75 Å². The lowest BCUT2D eigenvalue weighted by molar-refractivity contribution is 0.0346. The number of hydrogen-bond acceptors (Lipinski definition) is 6. The molecule has 0 aliphatic carbocycles. The molecule has 2 aromatic carbocycles. The highest BCUT2D eigenvalue weighted by molar-refractivity contribution is 7.19. The number of benzene rings is 2. The Morgan fingerprint density at radius 1 is 1.13 bits per heavy atom. The third kappa shape index (κ3) is 3.56. The number of nitrogens with zero attached hydrogens (tertiary/aromatic N) is 2. The summed E-state index contributed by atoms with van der Waals surface area (Å²) < 4.78 is 12.5. The molecule has 5 rings (SSSR count). The maximum Gasteiger partial charge on any atom is 0.127 e. The molecule has 4 aromatic rings. The van der Waals surface area contributed by atoms with Gasteiger partial charge in [-0.05, 0) is 29.3 Å². The Bertz CT molecular complexity index is 1180. The van der Waals surface area contributed by atoms with E-state index in [1.54, 1.807) is 7.11 Å². The molecule has 0 atom stereocenters. The molecular formula is C24H25N3O2S. The van der Waals surface area contributed by atoms with Gasteiger partial charge >= 0.3 is 0 Å². The van der Waals surface area contributed by atoms with Gasteiger partial charge in [0.1, 0.15) is 5.75 Å². The minimum Gasteiger partial charge on any atom is -0.496 e. The summed E-state index contributed by atoms with van der Waals surface area (Å²) in [5.41, 5.74) is 10.1. The van der Waals surface area contributed by atoms with Gasteiger partial charge in [0.25, 0.3) is 0 Å². The highest BCUT2D eigenvalue weighted by Crippen LogP contribution is 2.42. The molecule has 0 saturated carbocycles. The maximum absolute atomic E-state index is 5.79. The second-order valence-electron chi connectivity index (χ2n) is 7.58. The number of aromatic nitrogens is 1. The fourth-order valence-corrected chi connectivity index (χ4v) is 5.23. The number of fused-ring (bicyclic) bond motifs is 3. The molecule has 2 aromatic heterocycles. The van der Waals surface area contributed by atoms with E-state index in [1.807, 2.05) is 29.7 Å². The van der Waals surface area contributed by atoms with Gasteiger partial charge in [-0.1, -0.05) is 24.3 Å². The van der Waals surface area contributed by atoms with E-state index in [2.05, 4.69) is 35.2 Å². The van der Waals surface area contributed by atoms with E-state index in [1.165, 1.54) is 15.0 Å². The van der Waals surface area contributed by atoms with Crippen LogP contribution >= 0.6 is 11.3 Å². The first-order chi connectivity index (χ1) is 14.8. The van der Waals surface area contributed by atoms with Gasteiger partial charge in [0.15, 0.2) is 0 Å². The maximum atomic E-state index is 5.79. The molecule has 0 unspecified atom stereocenters. The summed E-state index contributed by atoms with van der Waals surface area (Å²) in [4.78, 5) is 8.58. The zero-order chi connectivity index (χ0) is 20.5. The lowest BCUT2D eigenvalue weighted by Gasteiger charge is -2.25. The Morgan fingerprint density at radius 3 is 2.67 bits per heavy atom. The molecule has 154 valence electrons. The van der Waals surface area contributed by atoms with Crippen molar-refractivity contribution in [2.45, 2.75) is 13.1 Å². The summed E-state index contributed by atoms with van der Waals surface area (Å²) >= 11 is 1.83. The van der Waals surface area contributed by atoms with E-state index < -0.39 is 0 Å². The lowest BCUT2D eigenvalue weighted by Crippen LogP contribution is -2.35. The van der Waals surface area contributed by atoms with Crippen molar-refractivity contribution in [3.8, 4) is 16.9 Å². The average molecular weight is 420 g/mol. The van der Waals surface area contributed by atoms with Crippen LogP contribution in [-0.2, 0) is 17.8 Å². The number of thiophene rings is 1. The molecular weight excluding hydrogens is 394 g/mol. The summed E-state index contributed by atoms with van der Waals surface area (Å²) in [6.45, 7) is 5.09. The van der Waals surface area contributed by atoms with Crippen LogP contribution in [0.4, 0.5) is 0 Å². The van der Waals surface area contributed by atoms with Crippen molar-refractivity contribution in [2.24, 2.45) is 5.73 Å². The van der Waals surface area contributed by atoms with E-state index in [9.17, 15) is 0 Å². The van der Waals surface area contributed by atoms with Gasteiger partial charge in [-0.2, -0.15) is 0 Å². The molecule has 3 heterocycles. The van der Waals surface area contributed by atoms with Crippen molar-refractivity contribution in [1.29, 1.82) is 0 Å². The summed E-state index contributed by atoms with van der Waals surface area (Å²) in [5, 5.41) is 2.39. The van der Waals surface area contributed by atoms with Crippen molar-refractivity contribution in [3.63, 3.8) is 0 Å². The minimum absolute atomic E-state index is 0.536. The fraction of sp³-hybridized carbons (Fsp3) is 0.292. The highest BCUT2D eigenvalue weighted by atomic mass is 32.1. The Labute approximate surface area is 180 Å². The molecule has 1 fully saturated rings. The molecule has 6 heteroatoms. The van der Waals surface area contributed by atoms with Crippen LogP contribution < -0.4 is 10.5 Å². The minimum atomic E-state index is 0.536. The molecule has 30 heavy (non-hydrogen) atoms. The molecule has 1 aliphatic heterocycles. The van der Waals surface area contributed by atoms with Gasteiger partial charge in [-0.15, -0.1) is 11.3 Å². The quantitative estimate of drug-likeness (QED) is 0.519. The van der Waals surface area contributed by atoms with Gasteiger partial charge in [0.05, 0.1) is 30.5 Å². The van der Waals surface area contributed by atoms with Gasteiger partial charge in [-0.3, -0.25) is 9.88 Å². The number of pyridine rings is 1. The van der Waals surface area contributed by atoms with Crippen molar-refractivity contribution in [2.75, 3.05) is 33.4 Å². The summed E-state index contributed by atoms with van der Waals surface area (Å²) in [6, 6.07) is 14.8. The third-order valence-electron chi connectivity index (χ3n) is 5.73. The standard InChI is InChI=1S/C24H25N3O2S/c1-28-21-7-6-20-24(23(21)17-4-2-16(13-25)3-5-17)19-12-18(30-22(19)14-26-20)15-27-8-10-29-11-9-27/h2-7,12,14H,8-11,13,15,25H2,1H3. The first-order valence-corrected chi connectivity index (χ1v) is 11.1. The largest absolute Gasteiger partial charge is 0.496 e. The predicted octanol–water partition coefficient (Wildman–Crippen LogP) is 4.42.